The van der Waals surface area contributed by atoms with E-state index in [2.05, 4.69) is 9.97 Å². The van der Waals surface area contributed by atoms with Gasteiger partial charge in [-0.25, -0.2) is 4.79 Å². The SMILES string of the molecule is O=C(O)c1cnc2cncc(-c3ccc(Cl)cc3)c2c1. The molecule has 0 atom stereocenters. The molecule has 0 aliphatic heterocycles. The maximum absolute atomic E-state index is 11.1. The standard InChI is InChI=1S/C15H9ClN2O2/c16-11-3-1-9(2-4-11)13-7-17-8-14-12(13)5-10(6-18-14)15(19)20/h1-8H,(H,19,20). The zero-order valence-electron chi connectivity index (χ0n) is 10.2. The molecule has 4 nitrogen and oxygen atoms in total. The van der Waals surface area contributed by atoms with Gasteiger partial charge < -0.3 is 5.11 Å². The summed E-state index contributed by atoms with van der Waals surface area (Å²) in [4.78, 5) is 19.3. The summed E-state index contributed by atoms with van der Waals surface area (Å²) in [7, 11) is 0. The Kier molecular flexibility index (Phi) is 3.08. The average molecular weight is 285 g/mol. The second-order valence-electron chi connectivity index (χ2n) is 4.29. The second kappa shape index (κ2) is 4.90. The van der Waals surface area contributed by atoms with Crippen LogP contribution in [0.3, 0.4) is 0 Å². The summed E-state index contributed by atoms with van der Waals surface area (Å²) in [5.41, 5.74) is 2.55. The smallest absolute Gasteiger partial charge is 0.337 e. The van der Waals surface area contributed by atoms with E-state index >= 15 is 0 Å². The number of carboxylic acids is 1. The lowest BCUT2D eigenvalue weighted by atomic mass is 10.0. The van der Waals surface area contributed by atoms with E-state index in [4.69, 9.17) is 16.7 Å². The molecule has 0 aliphatic carbocycles. The van der Waals surface area contributed by atoms with Crippen LogP contribution in [0.5, 0.6) is 0 Å². The lowest BCUT2D eigenvalue weighted by Crippen LogP contribution is -1.98. The Morgan fingerprint density at radius 2 is 1.85 bits per heavy atom. The van der Waals surface area contributed by atoms with Crippen molar-refractivity contribution in [3.8, 4) is 11.1 Å². The third-order valence-electron chi connectivity index (χ3n) is 3.01. The number of hydrogen-bond acceptors (Lipinski definition) is 3. The van der Waals surface area contributed by atoms with E-state index in [0.29, 0.717) is 10.5 Å². The molecule has 2 heterocycles. The fourth-order valence-electron chi connectivity index (χ4n) is 2.02. The van der Waals surface area contributed by atoms with Gasteiger partial charge in [-0.2, -0.15) is 0 Å². The Labute approximate surface area is 119 Å². The molecular weight excluding hydrogens is 276 g/mol. The highest BCUT2D eigenvalue weighted by molar-refractivity contribution is 6.30. The molecule has 2 aromatic heterocycles. The van der Waals surface area contributed by atoms with Crippen LogP contribution in [0.25, 0.3) is 22.0 Å². The number of rotatable bonds is 2. The molecule has 1 N–H and O–H groups in total. The van der Waals surface area contributed by atoms with Crippen LogP contribution >= 0.6 is 11.6 Å². The third-order valence-corrected chi connectivity index (χ3v) is 3.26. The predicted molar refractivity (Wildman–Crippen MR) is 76.9 cm³/mol. The summed E-state index contributed by atoms with van der Waals surface area (Å²) >= 11 is 5.88. The number of nitrogens with zero attached hydrogens (tertiary/aromatic N) is 2. The fourth-order valence-corrected chi connectivity index (χ4v) is 2.15. The monoisotopic (exact) mass is 284 g/mol. The molecule has 98 valence electrons. The van der Waals surface area contributed by atoms with Crippen LogP contribution in [-0.4, -0.2) is 21.0 Å². The number of benzene rings is 1. The highest BCUT2D eigenvalue weighted by Crippen LogP contribution is 2.28. The summed E-state index contributed by atoms with van der Waals surface area (Å²) in [6, 6.07) is 8.91. The summed E-state index contributed by atoms with van der Waals surface area (Å²) in [5, 5.41) is 10.5. The number of carboxylic acid groups (broad SMARTS) is 1. The molecule has 0 radical (unpaired) electrons. The van der Waals surface area contributed by atoms with Gasteiger partial charge in [0.2, 0.25) is 0 Å². The van der Waals surface area contributed by atoms with Gasteiger partial charge in [0.05, 0.1) is 17.3 Å². The normalized spacial score (nSPS) is 10.7. The van der Waals surface area contributed by atoms with Crippen molar-refractivity contribution in [3.05, 3.63) is 59.5 Å². The maximum Gasteiger partial charge on any atom is 0.337 e. The van der Waals surface area contributed by atoms with Crippen molar-refractivity contribution < 1.29 is 9.90 Å². The first kappa shape index (κ1) is 12.6. The minimum absolute atomic E-state index is 0.152. The molecular formula is C15H9ClN2O2. The number of hydrogen-bond donors (Lipinski definition) is 1. The minimum Gasteiger partial charge on any atom is -0.478 e. The van der Waals surface area contributed by atoms with Gasteiger partial charge in [-0.1, -0.05) is 23.7 Å². The van der Waals surface area contributed by atoms with Crippen LogP contribution < -0.4 is 0 Å². The Hall–Kier alpha value is -2.46. The van der Waals surface area contributed by atoms with E-state index in [-0.39, 0.29) is 5.56 Å². The number of carbonyl (C=O) groups is 1. The molecule has 3 rings (SSSR count). The van der Waals surface area contributed by atoms with Crippen molar-refractivity contribution in [2.24, 2.45) is 0 Å². The molecule has 0 spiro atoms. The molecule has 0 fully saturated rings. The molecule has 0 unspecified atom stereocenters. The van der Waals surface area contributed by atoms with Gasteiger partial charge in [-0.05, 0) is 23.8 Å². The summed E-state index contributed by atoms with van der Waals surface area (Å²) in [6.45, 7) is 0. The quantitative estimate of drug-likeness (QED) is 0.780. The first-order chi connectivity index (χ1) is 9.65. The van der Waals surface area contributed by atoms with Gasteiger partial charge in [-0.3, -0.25) is 9.97 Å². The Bertz CT molecular complexity index is 801. The first-order valence-corrected chi connectivity index (χ1v) is 6.26. The zero-order chi connectivity index (χ0) is 14.1. The van der Waals surface area contributed by atoms with E-state index in [1.165, 1.54) is 6.20 Å². The number of fused-ring (bicyclic) bond motifs is 1. The van der Waals surface area contributed by atoms with E-state index in [9.17, 15) is 4.79 Å². The van der Waals surface area contributed by atoms with Gasteiger partial charge >= 0.3 is 5.97 Å². The fraction of sp³-hybridized carbons (Fsp3) is 0. The molecule has 0 saturated heterocycles. The van der Waals surface area contributed by atoms with Gasteiger partial charge in [0.25, 0.3) is 0 Å². The Morgan fingerprint density at radius 1 is 1.10 bits per heavy atom. The van der Waals surface area contributed by atoms with Gasteiger partial charge in [0.15, 0.2) is 0 Å². The lowest BCUT2D eigenvalue weighted by molar-refractivity contribution is 0.0696. The van der Waals surface area contributed by atoms with E-state index < -0.39 is 5.97 Å². The highest BCUT2D eigenvalue weighted by atomic mass is 35.5. The molecule has 0 amide bonds. The van der Waals surface area contributed by atoms with Gasteiger partial charge in [-0.15, -0.1) is 0 Å². The van der Waals surface area contributed by atoms with Crippen LogP contribution in [0, 0.1) is 0 Å². The number of halogens is 1. The number of aromatic nitrogens is 2. The Balaban J connectivity index is 2.26. The van der Waals surface area contributed by atoms with Crippen molar-refractivity contribution in [2.45, 2.75) is 0 Å². The second-order valence-corrected chi connectivity index (χ2v) is 4.73. The van der Waals surface area contributed by atoms with Crippen LogP contribution in [0.1, 0.15) is 10.4 Å². The number of pyridine rings is 2. The molecule has 0 saturated carbocycles. The van der Waals surface area contributed by atoms with Crippen molar-refractivity contribution in [2.75, 3.05) is 0 Å². The van der Waals surface area contributed by atoms with E-state index in [0.717, 1.165) is 16.5 Å². The minimum atomic E-state index is -1.00. The van der Waals surface area contributed by atoms with Crippen LogP contribution in [0.4, 0.5) is 0 Å². The zero-order valence-corrected chi connectivity index (χ0v) is 11.0. The summed E-state index contributed by atoms with van der Waals surface area (Å²) in [6.07, 6.45) is 4.64. The van der Waals surface area contributed by atoms with Crippen molar-refractivity contribution in [3.63, 3.8) is 0 Å². The molecule has 20 heavy (non-hydrogen) atoms. The van der Waals surface area contributed by atoms with Crippen LogP contribution in [0.2, 0.25) is 5.02 Å². The molecule has 3 aromatic rings. The first-order valence-electron chi connectivity index (χ1n) is 5.88. The molecule has 0 bridgehead atoms. The molecule has 0 aliphatic rings. The molecule has 1 aromatic carbocycles. The van der Waals surface area contributed by atoms with Crippen molar-refractivity contribution in [1.82, 2.24) is 9.97 Å². The summed E-state index contributed by atoms with van der Waals surface area (Å²) in [5.74, 6) is -1.00. The maximum atomic E-state index is 11.1. The average Bonchev–Trinajstić information content (AvgIpc) is 2.47. The number of aromatic carboxylic acids is 1. The summed E-state index contributed by atoms with van der Waals surface area (Å²) < 4.78 is 0. The third kappa shape index (κ3) is 2.21. The van der Waals surface area contributed by atoms with Crippen molar-refractivity contribution in [1.29, 1.82) is 0 Å². The van der Waals surface area contributed by atoms with Crippen LogP contribution in [-0.2, 0) is 0 Å². The lowest BCUT2D eigenvalue weighted by Gasteiger charge is -2.06. The Morgan fingerprint density at radius 3 is 2.55 bits per heavy atom. The molecule has 5 heteroatoms. The topological polar surface area (TPSA) is 63.1 Å². The van der Waals surface area contributed by atoms with E-state index in [1.54, 1.807) is 30.6 Å². The van der Waals surface area contributed by atoms with Gasteiger partial charge in [0.1, 0.15) is 0 Å². The van der Waals surface area contributed by atoms with Gasteiger partial charge in [0, 0.05) is 28.4 Å². The van der Waals surface area contributed by atoms with E-state index in [1.807, 2.05) is 12.1 Å². The predicted octanol–water partition coefficient (Wildman–Crippen LogP) is 3.65. The van der Waals surface area contributed by atoms with Crippen molar-refractivity contribution >= 4 is 28.5 Å². The largest absolute Gasteiger partial charge is 0.478 e. The highest BCUT2D eigenvalue weighted by Gasteiger charge is 2.09. The van der Waals surface area contributed by atoms with Crippen LogP contribution in [0.15, 0.2) is 48.9 Å².